The number of halogens is 1. The first-order valence-corrected chi connectivity index (χ1v) is 6.92. The maximum Gasteiger partial charge on any atom is 0.337 e. The Morgan fingerprint density at radius 3 is 2.30 bits per heavy atom. The average Bonchev–Trinajstić information content (AvgIpc) is 3.08. The predicted octanol–water partition coefficient (Wildman–Crippen LogP) is 3.71. The molecule has 3 rings (SSSR count). The van der Waals surface area contributed by atoms with Gasteiger partial charge in [-0.15, -0.1) is 0 Å². The van der Waals surface area contributed by atoms with Gasteiger partial charge in [-0.2, -0.15) is 0 Å². The summed E-state index contributed by atoms with van der Waals surface area (Å²) in [6.45, 7) is 0. The number of aromatic nitrogens is 1. The van der Waals surface area contributed by atoms with Crippen molar-refractivity contribution in [2.75, 3.05) is 0 Å². The van der Waals surface area contributed by atoms with E-state index in [4.69, 9.17) is 0 Å². The standard InChI is InChI=1S/C19H12FNO2/c20-16-10-7-14(8-11-16)6-9-15-4-3-5-17(19(22)23)18(15)21-12-1-2-13-21/h1-5,7-8,10-13H,(H,22,23). The van der Waals surface area contributed by atoms with Gasteiger partial charge in [0.15, 0.2) is 0 Å². The van der Waals surface area contributed by atoms with Crippen molar-refractivity contribution < 1.29 is 14.3 Å². The number of para-hydroxylation sites is 1. The first-order valence-electron chi connectivity index (χ1n) is 6.92. The Kier molecular flexibility index (Phi) is 3.94. The molecule has 0 aliphatic carbocycles. The Balaban J connectivity index is 2.11. The molecule has 0 aliphatic rings. The van der Waals surface area contributed by atoms with Gasteiger partial charge in [-0.1, -0.05) is 17.9 Å². The van der Waals surface area contributed by atoms with Crippen LogP contribution in [0.1, 0.15) is 21.5 Å². The summed E-state index contributed by atoms with van der Waals surface area (Å²) < 4.78 is 14.6. The SMILES string of the molecule is O=C(O)c1cccc(C#Cc2ccc(F)cc2)c1-n1cccc1. The molecule has 0 spiro atoms. The summed E-state index contributed by atoms with van der Waals surface area (Å²) >= 11 is 0. The Morgan fingerprint density at radius 2 is 1.65 bits per heavy atom. The fourth-order valence-corrected chi connectivity index (χ4v) is 2.25. The van der Waals surface area contributed by atoms with Crippen molar-refractivity contribution in [1.82, 2.24) is 4.57 Å². The van der Waals surface area contributed by atoms with E-state index in [1.807, 2.05) is 12.1 Å². The van der Waals surface area contributed by atoms with Gasteiger partial charge in [0, 0.05) is 23.5 Å². The second-order valence-corrected chi connectivity index (χ2v) is 4.85. The largest absolute Gasteiger partial charge is 0.478 e. The van der Waals surface area contributed by atoms with Crippen LogP contribution in [0, 0.1) is 17.7 Å². The molecule has 0 amide bonds. The molecule has 1 N–H and O–H groups in total. The monoisotopic (exact) mass is 305 g/mol. The highest BCUT2D eigenvalue weighted by Crippen LogP contribution is 2.20. The second kappa shape index (κ2) is 6.20. The lowest BCUT2D eigenvalue weighted by molar-refractivity contribution is 0.0697. The first kappa shape index (κ1) is 14.6. The van der Waals surface area contributed by atoms with Crippen LogP contribution in [0.5, 0.6) is 0 Å². The van der Waals surface area contributed by atoms with Gasteiger partial charge in [0.1, 0.15) is 5.82 Å². The Hall–Kier alpha value is -3.32. The van der Waals surface area contributed by atoms with E-state index in [0.29, 0.717) is 16.8 Å². The highest BCUT2D eigenvalue weighted by atomic mass is 19.1. The second-order valence-electron chi connectivity index (χ2n) is 4.85. The van der Waals surface area contributed by atoms with Crippen LogP contribution in [0.4, 0.5) is 4.39 Å². The van der Waals surface area contributed by atoms with E-state index in [1.54, 1.807) is 47.3 Å². The summed E-state index contributed by atoms with van der Waals surface area (Å²) in [5.74, 6) is 4.57. The van der Waals surface area contributed by atoms with E-state index in [9.17, 15) is 14.3 Å². The molecule has 0 unspecified atom stereocenters. The normalized spacial score (nSPS) is 9.96. The van der Waals surface area contributed by atoms with Crippen LogP contribution < -0.4 is 0 Å². The van der Waals surface area contributed by atoms with Crippen molar-refractivity contribution in [3.63, 3.8) is 0 Å². The van der Waals surface area contributed by atoms with Gasteiger partial charge in [-0.05, 0) is 48.5 Å². The van der Waals surface area contributed by atoms with Crippen LogP contribution >= 0.6 is 0 Å². The molecule has 0 atom stereocenters. The van der Waals surface area contributed by atoms with Crippen molar-refractivity contribution in [2.45, 2.75) is 0 Å². The molecule has 0 saturated heterocycles. The zero-order valence-electron chi connectivity index (χ0n) is 12.0. The predicted molar refractivity (Wildman–Crippen MR) is 85.1 cm³/mol. The molecule has 2 aromatic carbocycles. The van der Waals surface area contributed by atoms with Gasteiger partial charge in [0.25, 0.3) is 0 Å². The lowest BCUT2D eigenvalue weighted by Gasteiger charge is -2.10. The minimum absolute atomic E-state index is 0.173. The number of hydrogen-bond acceptors (Lipinski definition) is 1. The number of hydrogen-bond donors (Lipinski definition) is 1. The quantitative estimate of drug-likeness (QED) is 0.733. The maximum absolute atomic E-state index is 12.9. The molecule has 0 fully saturated rings. The molecule has 4 heteroatoms. The number of carbonyl (C=O) groups is 1. The number of benzene rings is 2. The van der Waals surface area contributed by atoms with Gasteiger partial charge in [0.05, 0.1) is 11.3 Å². The van der Waals surface area contributed by atoms with Crippen molar-refractivity contribution in [3.8, 4) is 17.5 Å². The number of nitrogens with zero attached hydrogens (tertiary/aromatic N) is 1. The Bertz CT molecular complexity index is 901. The summed E-state index contributed by atoms with van der Waals surface area (Å²) in [6.07, 6.45) is 3.54. The van der Waals surface area contributed by atoms with Crippen molar-refractivity contribution in [2.24, 2.45) is 0 Å². The fourth-order valence-electron chi connectivity index (χ4n) is 2.25. The Labute approximate surface area is 132 Å². The molecule has 1 aromatic heterocycles. The summed E-state index contributed by atoms with van der Waals surface area (Å²) in [7, 11) is 0. The molecular weight excluding hydrogens is 293 g/mol. The molecule has 112 valence electrons. The third kappa shape index (κ3) is 3.14. The van der Waals surface area contributed by atoms with E-state index in [2.05, 4.69) is 11.8 Å². The smallest absolute Gasteiger partial charge is 0.337 e. The van der Waals surface area contributed by atoms with E-state index in [-0.39, 0.29) is 11.4 Å². The molecule has 0 bridgehead atoms. The van der Waals surface area contributed by atoms with Crippen LogP contribution in [-0.2, 0) is 0 Å². The van der Waals surface area contributed by atoms with E-state index < -0.39 is 5.97 Å². The molecule has 1 heterocycles. The summed E-state index contributed by atoms with van der Waals surface area (Å²) in [4.78, 5) is 11.5. The zero-order valence-corrected chi connectivity index (χ0v) is 12.0. The maximum atomic E-state index is 12.9. The molecule has 0 aliphatic heterocycles. The first-order chi connectivity index (χ1) is 11.1. The summed E-state index contributed by atoms with van der Waals surface area (Å²) in [6, 6.07) is 14.4. The van der Waals surface area contributed by atoms with Crippen LogP contribution in [0.2, 0.25) is 0 Å². The number of aromatic carboxylic acids is 1. The van der Waals surface area contributed by atoms with Crippen molar-refractivity contribution in [3.05, 3.63) is 89.5 Å². The third-order valence-electron chi connectivity index (χ3n) is 3.31. The van der Waals surface area contributed by atoms with Crippen molar-refractivity contribution >= 4 is 5.97 Å². The third-order valence-corrected chi connectivity index (χ3v) is 3.31. The average molecular weight is 305 g/mol. The van der Waals surface area contributed by atoms with Crippen molar-refractivity contribution in [1.29, 1.82) is 0 Å². The van der Waals surface area contributed by atoms with Crippen LogP contribution in [0.3, 0.4) is 0 Å². The summed E-state index contributed by atoms with van der Waals surface area (Å²) in [5, 5.41) is 9.40. The summed E-state index contributed by atoms with van der Waals surface area (Å²) in [5.41, 5.74) is 1.93. The minimum atomic E-state index is -1.01. The molecule has 3 nitrogen and oxygen atoms in total. The molecule has 3 aromatic rings. The number of rotatable bonds is 2. The molecule has 23 heavy (non-hydrogen) atoms. The zero-order chi connectivity index (χ0) is 16.2. The highest BCUT2D eigenvalue weighted by molar-refractivity contribution is 5.93. The molecule has 0 radical (unpaired) electrons. The molecular formula is C19H12FNO2. The lowest BCUT2D eigenvalue weighted by atomic mass is 10.1. The van der Waals surface area contributed by atoms with E-state index >= 15 is 0 Å². The van der Waals surface area contributed by atoms with Gasteiger partial charge in [-0.3, -0.25) is 0 Å². The van der Waals surface area contributed by atoms with Gasteiger partial charge in [-0.25, -0.2) is 9.18 Å². The van der Waals surface area contributed by atoms with Gasteiger partial charge >= 0.3 is 5.97 Å². The lowest BCUT2D eigenvalue weighted by Crippen LogP contribution is -2.06. The van der Waals surface area contributed by atoms with Gasteiger partial charge in [0.2, 0.25) is 0 Å². The fraction of sp³-hybridized carbons (Fsp3) is 0. The van der Waals surface area contributed by atoms with E-state index in [1.165, 1.54) is 12.1 Å². The Morgan fingerprint density at radius 1 is 0.957 bits per heavy atom. The molecule has 0 saturated carbocycles. The minimum Gasteiger partial charge on any atom is -0.478 e. The van der Waals surface area contributed by atoms with Gasteiger partial charge < -0.3 is 9.67 Å². The van der Waals surface area contributed by atoms with E-state index in [0.717, 1.165) is 0 Å². The van der Waals surface area contributed by atoms with Crippen LogP contribution in [0.15, 0.2) is 67.0 Å². The van der Waals surface area contributed by atoms with Crippen LogP contribution in [0.25, 0.3) is 5.69 Å². The topological polar surface area (TPSA) is 42.2 Å². The van der Waals surface area contributed by atoms with Crippen LogP contribution in [-0.4, -0.2) is 15.6 Å². The number of carboxylic acids is 1. The highest BCUT2D eigenvalue weighted by Gasteiger charge is 2.14. The number of carboxylic acid groups (broad SMARTS) is 1.